The van der Waals surface area contributed by atoms with Gasteiger partial charge in [0, 0.05) is 11.3 Å². The molecular weight excluding hydrogens is 358 g/mol. The van der Waals surface area contributed by atoms with Crippen molar-refractivity contribution >= 4 is 33.8 Å². The van der Waals surface area contributed by atoms with Crippen LogP contribution in [0.1, 0.15) is 45.1 Å². The van der Waals surface area contributed by atoms with Gasteiger partial charge in [0.15, 0.2) is 5.13 Å². The quantitative estimate of drug-likeness (QED) is 0.559. The summed E-state index contributed by atoms with van der Waals surface area (Å²) in [6, 6.07) is 11.7. The van der Waals surface area contributed by atoms with E-state index in [-0.39, 0.29) is 11.7 Å². The minimum atomic E-state index is -0.229. The standard InChI is InChI=1S/C21H21N3O2S/c1-12-7-10-17(25)13(2)19(12)24-20(26)18-11-22-21(27-18)23-16-6-4-3-5-15(16)14-8-9-14/h3-7,10-11,14,25H,8-9H2,1-2H3,(H,22,23)(H,24,26). The third kappa shape index (κ3) is 3.66. The van der Waals surface area contributed by atoms with Crippen molar-refractivity contribution in [3.8, 4) is 5.75 Å². The maximum absolute atomic E-state index is 12.6. The zero-order valence-electron chi connectivity index (χ0n) is 15.2. The molecular formula is C21H21N3O2S. The summed E-state index contributed by atoms with van der Waals surface area (Å²) < 4.78 is 0. The lowest BCUT2D eigenvalue weighted by molar-refractivity contribution is 0.103. The van der Waals surface area contributed by atoms with Crippen molar-refractivity contribution < 1.29 is 9.90 Å². The van der Waals surface area contributed by atoms with E-state index in [2.05, 4.69) is 27.8 Å². The molecule has 3 N–H and O–H groups in total. The maximum atomic E-state index is 12.6. The van der Waals surface area contributed by atoms with E-state index in [1.54, 1.807) is 25.3 Å². The van der Waals surface area contributed by atoms with Gasteiger partial charge < -0.3 is 15.7 Å². The smallest absolute Gasteiger partial charge is 0.267 e. The fraction of sp³-hybridized carbons (Fsp3) is 0.238. The highest BCUT2D eigenvalue weighted by atomic mass is 32.1. The first-order chi connectivity index (χ1) is 13.0. The summed E-state index contributed by atoms with van der Waals surface area (Å²) in [5.74, 6) is 0.570. The Bertz CT molecular complexity index is 1010. The number of amides is 1. The van der Waals surface area contributed by atoms with E-state index in [1.807, 2.05) is 19.1 Å². The van der Waals surface area contributed by atoms with Gasteiger partial charge in [0.1, 0.15) is 10.6 Å². The largest absolute Gasteiger partial charge is 0.508 e. The second kappa shape index (κ2) is 7.04. The van der Waals surface area contributed by atoms with Crippen LogP contribution in [0.5, 0.6) is 5.75 Å². The summed E-state index contributed by atoms with van der Waals surface area (Å²) in [6.45, 7) is 3.68. The number of carbonyl (C=O) groups excluding carboxylic acids is 1. The summed E-state index contributed by atoms with van der Waals surface area (Å²) in [6.07, 6.45) is 4.04. The molecule has 0 unspecified atom stereocenters. The number of aryl methyl sites for hydroxylation is 1. The SMILES string of the molecule is Cc1ccc(O)c(C)c1NC(=O)c1cnc(Nc2ccccc2C2CC2)s1. The summed E-state index contributed by atoms with van der Waals surface area (Å²) in [5, 5.41) is 16.8. The first-order valence-electron chi connectivity index (χ1n) is 8.95. The average Bonchev–Trinajstić information content (AvgIpc) is 3.41. The number of para-hydroxylation sites is 1. The molecule has 0 bridgehead atoms. The van der Waals surface area contributed by atoms with Crippen molar-refractivity contribution in [1.29, 1.82) is 0 Å². The summed E-state index contributed by atoms with van der Waals surface area (Å²) in [7, 11) is 0. The van der Waals surface area contributed by atoms with Crippen molar-refractivity contribution in [2.45, 2.75) is 32.6 Å². The Morgan fingerprint density at radius 2 is 1.96 bits per heavy atom. The van der Waals surface area contributed by atoms with E-state index < -0.39 is 0 Å². The van der Waals surface area contributed by atoms with Gasteiger partial charge in [-0.15, -0.1) is 0 Å². The number of phenolic OH excluding ortho intramolecular Hbond substituents is 1. The number of rotatable bonds is 5. The van der Waals surface area contributed by atoms with Gasteiger partial charge in [-0.3, -0.25) is 4.79 Å². The number of hydrogen-bond donors (Lipinski definition) is 3. The van der Waals surface area contributed by atoms with Crippen LogP contribution in [0.2, 0.25) is 0 Å². The molecule has 0 radical (unpaired) electrons. The van der Waals surface area contributed by atoms with Gasteiger partial charge in [-0.05, 0) is 55.9 Å². The van der Waals surface area contributed by atoms with Gasteiger partial charge in [-0.25, -0.2) is 4.98 Å². The predicted octanol–water partition coefficient (Wildman–Crippen LogP) is 5.34. The molecule has 0 atom stereocenters. The molecule has 1 aliphatic carbocycles. The molecule has 1 aliphatic rings. The Morgan fingerprint density at radius 3 is 2.74 bits per heavy atom. The first-order valence-corrected chi connectivity index (χ1v) is 9.77. The molecule has 6 heteroatoms. The van der Waals surface area contributed by atoms with Crippen LogP contribution in [0.4, 0.5) is 16.5 Å². The molecule has 0 saturated heterocycles. The Balaban J connectivity index is 1.51. The van der Waals surface area contributed by atoms with Crippen molar-refractivity contribution in [3.05, 3.63) is 64.2 Å². The molecule has 1 amide bonds. The third-order valence-corrected chi connectivity index (χ3v) is 5.74. The summed E-state index contributed by atoms with van der Waals surface area (Å²) in [4.78, 5) is 17.5. The topological polar surface area (TPSA) is 74.2 Å². The second-order valence-electron chi connectivity index (χ2n) is 6.87. The van der Waals surface area contributed by atoms with E-state index in [0.717, 1.165) is 11.3 Å². The van der Waals surface area contributed by atoms with Crippen molar-refractivity contribution in [2.24, 2.45) is 0 Å². The molecule has 0 spiro atoms. The number of anilines is 3. The number of benzene rings is 2. The van der Waals surface area contributed by atoms with E-state index in [0.29, 0.717) is 27.2 Å². The average molecular weight is 379 g/mol. The minimum Gasteiger partial charge on any atom is -0.508 e. The maximum Gasteiger partial charge on any atom is 0.267 e. The number of phenols is 1. The fourth-order valence-electron chi connectivity index (χ4n) is 3.12. The molecule has 2 aromatic carbocycles. The van der Waals surface area contributed by atoms with Crippen LogP contribution < -0.4 is 10.6 Å². The lowest BCUT2D eigenvalue weighted by Crippen LogP contribution is -2.12. The molecule has 5 nitrogen and oxygen atoms in total. The van der Waals surface area contributed by atoms with Crippen molar-refractivity contribution in [2.75, 3.05) is 10.6 Å². The number of carbonyl (C=O) groups is 1. The van der Waals surface area contributed by atoms with Gasteiger partial charge in [0.25, 0.3) is 5.91 Å². The highest BCUT2D eigenvalue weighted by molar-refractivity contribution is 7.17. The van der Waals surface area contributed by atoms with E-state index >= 15 is 0 Å². The molecule has 4 rings (SSSR count). The molecule has 27 heavy (non-hydrogen) atoms. The molecule has 1 heterocycles. The van der Waals surface area contributed by atoms with Crippen LogP contribution in [0.15, 0.2) is 42.6 Å². The number of aromatic nitrogens is 1. The van der Waals surface area contributed by atoms with Gasteiger partial charge >= 0.3 is 0 Å². The third-order valence-electron chi connectivity index (χ3n) is 4.83. The second-order valence-corrected chi connectivity index (χ2v) is 7.90. The van der Waals surface area contributed by atoms with Crippen LogP contribution in [-0.4, -0.2) is 16.0 Å². The van der Waals surface area contributed by atoms with Crippen LogP contribution in [0, 0.1) is 13.8 Å². The number of aromatic hydroxyl groups is 1. The Hall–Kier alpha value is -2.86. The molecule has 1 fully saturated rings. The monoisotopic (exact) mass is 379 g/mol. The van der Waals surface area contributed by atoms with E-state index in [1.165, 1.54) is 29.7 Å². The van der Waals surface area contributed by atoms with Gasteiger partial charge in [0.05, 0.1) is 11.9 Å². The van der Waals surface area contributed by atoms with E-state index in [9.17, 15) is 9.90 Å². The summed E-state index contributed by atoms with van der Waals surface area (Å²) >= 11 is 1.32. The van der Waals surface area contributed by atoms with Gasteiger partial charge in [-0.1, -0.05) is 35.6 Å². The van der Waals surface area contributed by atoms with Crippen LogP contribution in [0.3, 0.4) is 0 Å². The number of thiazole rings is 1. The number of nitrogens with zero attached hydrogens (tertiary/aromatic N) is 1. The molecule has 1 saturated carbocycles. The number of hydrogen-bond acceptors (Lipinski definition) is 5. The minimum absolute atomic E-state index is 0.166. The Kier molecular flexibility index (Phi) is 4.58. The zero-order valence-corrected chi connectivity index (χ0v) is 16.1. The highest BCUT2D eigenvalue weighted by Gasteiger charge is 2.26. The van der Waals surface area contributed by atoms with Gasteiger partial charge in [0.2, 0.25) is 0 Å². The lowest BCUT2D eigenvalue weighted by atomic mass is 10.1. The van der Waals surface area contributed by atoms with Crippen LogP contribution in [-0.2, 0) is 0 Å². The Labute approximate surface area is 162 Å². The lowest BCUT2D eigenvalue weighted by Gasteiger charge is -2.12. The van der Waals surface area contributed by atoms with Gasteiger partial charge in [-0.2, -0.15) is 0 Å². The highest BCUT2D eigenvalue weighted by Crippen LogP contribution is 2.44. The molecule has 138 valence electrons. The van der Waals surface area contributed by atoms with Crippen molar-refractivity contribution in [3.63, 3.8) is 0 Å². The first kappa shape index (κ1) is 17.5. The summed E-state index contributed by atoms with van der Waals surface area (Å²) in [5.41, 5.74) is 4.57. The molecule has 3 aromatic rings. The predicted molar refractivity (Wildman–Crippen MR) is 109 cm³/mol. The fourth-order valence-corrected chi connectivity index (χ4v) is 3.84. The zero-order chi connectivity index (χ0) is 19.0. The van der Waals surface area contributed by atoms with Crippen molar-refractivity contribution in [1.82, 2.24) is 4.98 Å². The Morgan fingerprint density at radius 1 is 1.19 bits per heavy atom. The molecule has 1 aromatic heterocycles. The van der Waals surface area contributed by atoms with Crippen LogP contribution in [0.25, 0.3) is 0 Å². The van der Waals surface area contributed by atoms with Crippen LogP contribution >= 0.6 is 11.3 Å². The number of nitrogens with one attached hydrogen (secondary N) is 2. The molecule has 0 aliphatic heterocycles. The normalized spacial score (nSPS) is 13.4. The van der Waals surface area contributed by atoms with E-state index in [4.69, 9.17) is 0 Å².